The molecule has 0 rings (SSSR count). The van der Waals surface area contributed by atoms with Crippen molar-refractivity contribution in [2.75, 3.05) is 5.75 Å². The van der Waals surface area contributed by atoms with Crippen LogP contribution in [0.3, 0.4) is 0 Å². The van der Waals surface area contributed by atoms with Crippen molar-refractivity contribution < 1.29 is 18.9 Å². The number of carboxylic acid groups (broad SMARTS) is 1. The van der Waals surface area contributed by atoms with Crippen LogP contribution in [0.4, 0.5) is 0 Å². The predicted molar refractivity (Wildman–Crippen MR) is 25.6 cm³/mol. The zero-order valence-corrected chi connectivity index (χ0v) is 4.60. The highest BCUT2D eigenvalue weighted by molar-refractivity contribution is 7.66. The molecule has 0 aromatic heterocycles. The van der Waals surface area contributed by atoms with Gasteiger partial charge >= 0.3 is 23.4 Å². The Morgan fingerprint density at radius 2 is 2.00 bits per heavy atom. The summed E-state index contributed by atoms with van der Waals surface area (Å²) < 4.78 is 9.48. The van der Waals surface area contributed by atoms with E-state index in [9.17, 15) is 13.8 Å². The van der Waals surface area contributed by atoms with Crippen LogP contribution < -0.4 is 0 Å². The number of carbonyl (C=O) groups excluding carboxylic acids is 1. The summed E-state index contributed by atoms with van der Waals surface area (Å²) in [5.41, 5.74) is 0. The molecule has 0 heterocycles. The first-order chi connectivity index (χ1) is 3.68. The Bertz CT molecular complexity index is 129. The van der Waals surface area contributed by atoms with E-state index in [1.807, 2.05) is 0 Å². The van der Waals surface area contributed by atoms with E-state index in [1.165, 1.54) is 0 Å². The molecule has 0 radical (unpaired) electrons. The first kappa shape index (κ1) is 7.16. The van der Waals surface area contributed by atoms with E-state index in [4.69, 9.17) is 5.11 Å². The molecule has 0 spiro atoms. The van der Waals surface area contributed by atoms with Crippen molar-refractivity contribution in [1.82, 2.24) is 0 Å². The van der Waals surface area contributed by atoms with Gasteiger partial charge in [-0.2, -0.15) is 0 Å². The molecular formula is C3H3O4S+. The van der Waals surface area contributed by atoms with Gasteiger partial charge in [0.15, 0.2) is 0 Å². The fourth-order valence-electron chi connectivity index (χ4n) is 0.115. The van der Waals surface area contributed by atoms with Crippen LogP contribution in [0.15, 0.2) is 0 Å². The van der Waals surface area contributed by atoms with E-state index >= 15 is 0 Å². The van der Waals surface area contributed by atoms with Crippen LogP contribution >= 0.6 is 0 Å². The number of aliphatic carboxylic acids is 1. The maximum atomic E-state index is 9.92. The highest BCUT2D eigenvalue weighted by Crippen LogP contribution is 1.69. The highest BCUT2D eigenvalue weighted by atomic mass is 32.1. The van der Waals surface area contributed by atoms with Gasteiger partial charge in [0.2, 0.25) is 0 Å². The molecular weight excluding hydrogens is 132 g/mol. The molecule has 5 heteroatoms. The van der Waals surface area contributed by atoms with E-state index in [0.29, 0.717) is 0 Å². The Hall–Kier alpha value is -0.840. The number of Topliss-reactive ketones (excluding diaryl/α,β-unsaturated/α-hetero) is 1. The summed E-state index contributed by atoms with van der Waals surface area (Å²) in [6, 6.07) is 0. The minimum absolute atomic E-state index is 0.0423. The lowest BCUT2D eigenvalue weighted by Gasteiger charge is -1.73. The fourth-order valence-corrected chi connectivity index (χ4v) is 0.346. The Balaban J connectivity index is 3.65. The van der Waals surface area contributed by atoms with Crippen LogP contribution in [0.5, 0.6) is 0 Å². The highest BCUT2D eigenvalue weighted by Gasteiger charge is 2.17. The second kappa shape index (κ2) is 3.20. The van der Waals surface area contributed by atoms with E-state index in [-0.39, 0.29) is 11.7 Å². The molecule has 0 saturated carbocycles. The third-order valence-electron chi connectivity index (χ3n) is 0.429. The van der Waals surface area contributed by atoms with Crippen molar-refractivity contribution in [3.05, 3.63) is 0 Å². The van der Waals surface area contributed by atoms with Gasteiger partial charge in [-0.1, -0.05) is 0 Å². The molecule has 0 saturated heterocycles. The van der Waals surface area contributed by atoms with Crippen LogP contribution in [0.25, 0.3) is 0 Å². The Kier molecular flexibility index (Phi) is 2.86. The van der Waals surface area contributed by atoms with Crippen molar-refractivity contribution in [3.8, 4) is 0 Å². The molecule has 8 heavy (non-hydrogen) atoms. The minimum Gasteiger partial charge on any atom is -0.475 e. The normalized spacial score (nSPS) is 8.00. The van der Waals surface area contributed by atoms with Crippen LogP contribution in [0.2, 0.25) is 0 Å². The second-order valence-electron chi connectivity index (χ2n) is 0.991. The lowest BCUT2D eigenvalue weighted by atomic mass is 10.5. The summed E-state index contributed by atoms with van der Waals surface area (Å²) in [4.78, 5) is 19.5. The topological polar surface area (TPSA) is 71.4 Å². The van der Waals surface area contributed by atoms with E-state index in [0.717, 1.165) is 0 Å². The molecule has 0 aliphatic carbocycles. The van der Waals surface area contributed by atoms with Gasteiger partial charge in [-0.15, -0.1) is 0 Å². The minimum atomic E-state index is -1.55. The standard InChI is InChI=1S/C3H2O4S/c4-2(1-8-7)3(5)6/h1H2/p+1. The van der Waals surface area contributed by atoms with Crippen LogP contribution in [0.1, 0.15) is 0 Å². The molecule has 0 fully saturated rings. The summed E-state index contributed by atoms with van der Waals surface area (Å²) in [7, 11) is 0. The Morgan fingerprint density at radius 3 is 2.12 bits per heavy atom. The summed E-state index contributed by atoms with van der Waals surface area (Å²) in [6.45, 7) is 0. The van der Waals surface area contributed by atoms with Crippen molar-refractivity contribution in [3.63, 3.8) is 0 Å². The lowest BCUT2D eigenvalue weighted by Crippen LogP contribution is -2.15. The van der Waals surface area contributed by atoms with Crippen molar-refractivity contribution in [1.29, 1.82) is 0 Å². The van der Waals surface area contributed by atoms with Crippen LogP contribution in [0, 0.1) is 0 Å². The lowest BCUT2D eigenvalue weighted by molar-refractivity contribution is -0.147. The first-order valence-electron chi connectivity index (χ1n) is 1.69. The molecule has 0 bridgehead atoms. The van der Waals surface area contributed by atoms with Crippen LogP contribution in [-0.4, -0.2) is 22.6 Å². The number of carboxylic acids is 1. The Morgan fingerprint density at radius 1 is 1.50 bits per heavy atom. The SMILES string of the molecule is O=[S+]CC(=O)C(=O)O. The van der Waals surface area contributed by atoms with E-state index in [2.05, 4.69) is 0 Å². The average molecular weight is 135 g/mol. The van der Waals surface area contributed by atoms with Gasteiger partial charge in [0.1, 0.15) is 0 Å². The van der Waals surface area contributed by atoms with Gasteiger partial charge in [0, 0.05) is 4.21 Å². The molecule has 0 aliphatic rings. The van der Waals surface area contributed by atoms with Gasteiger partial charge in [0.25, 0.3) is 5.75 Å². The smallest absolute Gasteiger partial charge is 0.467 e. The average Bonchev–Trinajstić information content (AvgIpc) is 1.67. The summed E-state index contributed by atoms with van der Waals surface area (Å²) in [6.07, 6.45) is 0. The maximum absolute atomic E-state index is 9.92. The van der Waals surface area contributed by atoms with E-state index < -0.39 is 17.5 Å². The molecule has 44 valence electrons. The summed E-state index contributed by atoms with van der Waals surface area (Å²) in [5, 5.41) is 7.81. The second-order valence-corrected chi connectivity index (χ2v) is 1.51. The molecule has 0 aromatic carbocycles. The molecule has 0 aromatic rings. The maximum Gasteiger partial charge on any atom is 0.467 e. The largest absolute Gasteiger partial charge is 0.475 e. The molecule has 0 amide bonds. The number of carbonyl (C=O) groups is 2. The molecule has 0 aliphatic heterocycles. The number of hydrogen-bond acceptors (Lipinski definition) is 3. The molecule has 0 atom stereocenters. The molecule has 4 nitrogen and oxygen atoms in total. The zero-order valence-electron chi connectivity index (χ0n) is 3.79. The van der Waals surface area contributed by atoms with Gasteiger partial charge in [-0.25, -0.2) is 4.79 Å². The summed E-state index contributed by atoms with van der Waals surface area (Å²) in [5.74, 6) is -3.09. The van der Waals surface area contributed by atoms with Crippen LogP contribution in [-0.2, 0) is 25.5 Å². The third kappa shape index (κ3) is 2.35. The summed E-state index contributed by atoms with van der Waals surface area (Å²) >= 11 is -0.0423. The van der Waals surface area contributed by atoms with Gasteiger partial charge in [-0.3, -0.25) is 4.79 Å². The quantitative estimate of drug-likeness (QED) is 0.401. The molecule has 1 N–H and O–H groups in total. The first-order valence-corrected chi connectivity index (χ1v) is 2.60. The predicted octanol–water partition coefficient (Wildman–Crippen LogP) is -0.932. The fraction of sp³-hybridized carbons (Fsp3) is 0.333. The number of ketones is 1. The van der Waals surface area contributed by atoms with Crippen molar-refractivity contribution in [2.45, 2.75) is 0 Å². The van der Waals surface area contributed by atoms with Crippen molar-refractivity contribution in [2.24, 2.45) is 0 Å². The van der Waals surface area contributed by atoms with Gasteiger partial charge in [0.05, 0.1) is 0 Å². The Labute approximate surface area is 49.0 Å². The van der Waals surface area contributed by atoms with Gasteiger partial charge < -0.3 is 5.11 Å². The van der Waals surface area contributed by atoms with Gasteiger partial charge in [-0.05, 0) is 0 Å². The number of rotatable bonds is 3. The monoisotopic (exact) mass is 135 g/mol. The van der Waals surface area contributed by atoms with E-state index in [1.54, 1.807) is 0 Å². The molecule has 0 unspecified atom stereocenters. The van der Waals surface area contributed by atoms with Crippen molar-refractivity contribution >= 4 is 23.4 Å². The zero-order chi connectivity index (χ0) is 6.57. The third-order valence-corrected chi connectivity index (χ3v) is 0.809. The number of hydrogen-bond donors (Lipinski definition) is 1.